The van der Waals surface area contributed by atoms with Crippen molar-refractivity contribution in [3.8, 4) is 0 Å². The molecule has 0 atom stereocenters. The number of anilines is 1. The van der Waals surface area contributed by atoms with E-state index in [1.165, 1.54) is 0 Å². The quantitative estimate of drug-likeness (QED) is 0.925. The van der Waals surface area contributed by atoms with E-state index in [4.69, 9.17) is 0 Å². The average molecular weight is 294 g/mol. The Kier molecular flexibility index (Phi) is 3.28. The van der Waals surface area contributed by atoms with Crippen LogP contribution in [0.3, 0.4) is 0 Å². The van der Waals surface area contributed by atoms with E-state index < -0.39 is 0 Å². The number of carbonyl (C=O) groups is 1. The number of aryl methyl sites for hydroxylation is 2. The van der Waals surface area contributed by atoms with Gasteiger partial charge in [-0.25, -0.2) is 0 Å². The Morgan fingerprint density at radius 2 is 2.00 bits per heavy atom. The lowest BCUT2D eigenvalue weighted by Crippen LogP contribution is -2.14. The van der Waals surface area contributed by atoms with Gasteiger partial charge < -0.3 is 5.32 Å². The molecule has 88 valence electrons. The predicted molar refractivity (Wildman–Crippen MR) is 70.0 cm³/mol. The molecule has 0 saturated heterocycles. The van der Waals surface area contributed by atoms with E-state index in [0.717, 1.165) is 15.7 Å². The van der Waals surface area contributed by atoms with Gasteiger partial charge in [0.2, 0.25) is 0 Å². The van der Waals surface area contributed by atoms with Gasteiger partial charge in [-0.05, 0) is 31.2 Å². The molecule has 2 aromatic rings. The summed E-state index contributed by atoms with van der Waals surface area (Å²) in [5.74, 6) is -0.189. The zero-order valence-corrected chi connectivity index (χ0v) is 11.2. The summed E-state index contributed by atoms with van der Waals surface area (Å²) >= 11 is 3.34. The number of nitrogens with one attached hydrogen (secondary N) is 1. The van der Waals surface area contributed by atoms with Crippen molar-refractivity contribution in [3.63, 3.8) is 0 Å². The van der Waals surface area contributed by atoms with Gasteiger partial charge in [0.25, 0.3) is 5.91 Å². The SMILES string of the molecule is Cc1cn(C)nc1C(=O)Nc1ccc(Br)cc1. The Hall–Kier alpha value is -1.62. The van der Waals surface area contributed by atoms with Gasteiger partial charge in [0.05, 0.1) is 0 Å². The number of amides is 1. The second-order valence-corrected chi connectivity index (χ2v) is 4.71. The highest BCUT2D eigenvalue weighted by atomic mass is 79.9. The van der Waals surface area contributed by atoms with Gasteiger partial charge in [-0.1, -0.05) is 15.9 Å². The number of rotatable bonds is 2. The maximum Gasteiger partial charge on any atom is 0.276 e. The lowest BCUT2D eigenvalue weighted by atomic mass is 10.2. The Labute approximate surface area is 108 Å². The topological polar surface area (TPSA) is 46.9 Å². The fourth-order valence-corrected chi connectivity index (χ4v) is 1.82. The zero-order valence-electron chi connectivity index (χ0n) is 9.57. The molecule has 5 heteroatoms. The van der Waals surface area contributed by atoms with E-state index in [1.807, 2.05) is 37.4 Å². The molecule has 0 fully saturated rings. The Bertz CT molecular complexity index is 545. The molecule has 1 amide bonds. The van der Waals surface area contributed by atoms with E-state index in [9.17, 15) is 4.79 Å². The summed E-state index contributed by atoms with van der Waals surface area (Å²) in [4.78, 5) is 11.9. The number of aromatic nitrogens is 2. The normalized spacial score (nSPS) is 10.3. The van der Waals surface area contributed by atoms with Crippen molar-refractivity contribution in [3.05, 3.63) is 46.2 Å². The highest BCUT2D eigenvalue weighted by molar-refractivity contribution is 9.10. The minimum absolute atomic E-state index is 0.189. The summed E-state index contributed by atoms with van der Waals surface area (Å²) in [6, 6.07) is 7.42. The molecule has 17 heavy (non-hydrogen) atoms. The maximum absolute atomic E-state index is 11.9. The molecule has 0 aliphatic carbocycles. The molecule has 0 radical (unpaired) electrons. The van der Waals surface area contributed by atoms with Crippen LogP contribution in [0.2, 0.25) is 0 Å². The fourth-order valence-electron chi connectivity index (χ4n) is 1.55. The van der Waals surface area contributed by atoms with Gasteiger partial charge in [0.15, 0.2) is 5.69 Å². The van der Waals surface area contributed by atoms with Gasteiger partial charge in [-0.2, -0.15) is 5.10 Å². The van der Waals surface area contributed by atoms with Crippen LogP contribution in [0.1, 0.15) is 16.1 Å². The van der Waals surface area contributed by atoms with E-state index in [1.54, 1.807) is 11.7 Å². The predicted octanol–water partition coefficient (Wildman–Crippen LogP) is 2.74. The number of hydrogen-bond acceptors (Lipinski definition) is 2. The van der Waals surface area contributed by atoms with Gasteiger partial charge in [0, 0.05) is 29.0 Å². The molecule has 0 aliphatic heterocycles. The van der Waals surface area contributed by atoms with Crippen molar-refractivity contribution in [2.24, 2.45) is 7.05 Å². The van der Waals surface area contributed by atoms with E-state index in [-0.39, 0.29) is 5.91 Å². The Morgan fingerprint density at radius 3 is 2.53 bits per heavy atom. The fraction of sp³-hybridized carbons (Fsp3) is 0.167. The summed E-state index contributed by atoms with van der Waals surface area (Å²) in [5, 5.41) is 6.92. The molecule has 0 spiro atoms. The number of benzene rings is 1. The van der Waals surface area contributed by atoms with Crippen LogP contribution in [0, 0.1) is 6.92 Å². The van der Waals surface area contributed by atoms with Crippen molar-refractivity contribution in [1.82, 2.24) is 9.78 Å². The van der Waals surface area contributed by atoms with Crippen LogP contribution in [0.15, 0.2) is 34.9 Å². The Morgan fingerprint density at radius 1 is 1.35 bits per heavy atom. The molecule has 2 rings (SSSR count). The summed E-state index contributed by atoms with van der Waals surface area (Å²) in [6.07, 6.45) is 1.82. The second-order valence-electron chi connectivity index (χ2n) is 3.80. The van der Waals surface area contributed by atoms with Gasteiger partial charge in [-0.15, -0.1) is 0 Å². The first-order valence-electron chi connectivity index (χ1n) is 5.13. The van der Waals surface area contributed by atoms with Crippen LogP contribution < -0.4 is 5.32 Å². The van der Waals surface area contributed by atoms with Crippen molar-refractivity contribution in [2.75, 3.05) is 5.32 Å². The summed E-state index contributed by atoms with van der Waals surface area (Å²) in [7, 11) is 1.80. The number of halogens is 1. The molecule has 1 heterocycles. The van der Waals surface area contributed by atoms with Crippen LogP contribution in [-0.4, -0.2) is 15.7 Å². The second kappa shape index (κ2) is 4.71. The monoisotopic (exact) mass is 293 g/mol. The molecular weight excluding hydrogens is 282 g/mol. The van der Waals surface area contributed by atoms with Gasteiger partial charge in [0.1, 0.15) is 0 Å². The molecule has 0 unspecified atom stereocenters. The van der Waals surface area contributed by atoms with E-state index in [0.29, 0.717) is 5.69 Å². The first kappa shape index (κ1) is 11.9. The largest absolute Gasteiger partial charge is 0.321 e. The van der Waals surface area contributed by atoms with Crippen LogP contribution >= 0.6 is 15.9 Å². The maximum atomic E-state index is 11.9. The van der Waals surface area contributed by atoms with E-state index >= 15 is 0 Å². The first-order chi connectivity index (χ1) is 8.06. The number of carbonyl (C=O) groups excluding carboxylic acids is 1. The van der Waals surface area contributed by atoms with Gasteiger partial charge in [-0.3, -0.25) is 9.48 Å². The standard InChI is InChI=1S/C12H12BrN3O/c1-8-7-16(2)15-11(8)12(17)14-10-5-3-9(13)4-6-10/h3-7H,1-2H3,(H,14,17). The van der Waals surface area contributed by atoms with Crippen LogP contribution in [-0.2, 0) is 7.05 Å². The van der Waals surface area contributed by atoms with Crippen LogP contribution in [0.25, 0.3) is 0 Å². The molecule has 0 bridgehead atoms. The first-order valence-corrected chi connectivity index (χ1v) is 5.93. The molecule has 1 aromatic heterocycles. The Balaban J connectivity index is 2.17. The molecule has 1 aromatic carbocycles. The minimum atomic E-state index is -0.189. The zero-order chi connectivity index (χ0) is 12.4. The van der Waals surface area contributed by atoms with Crippen LogP contribution in [0.4, 0.5) is 5.69 Å². The average Bonchev–Trinajstić information content (AvgIpc) is 2.61. The van der Waals surface area contributed by atoms with Gasteiger partial charge >= 0.3 is 0 Å². The van der Waals surface area contributed by atoms with E-state index in [2.05, 4.69) is 26.3 Å². The summed E-state index contributed by atoms with van der Waals surface area (Å²) in [5.41, 5.74) is 2.07. The summed E-state index contributed by atoms with van der Waals surface area (Å²) < 4.78 is 2.61. The van der Waals surface area contributed by atoms with Crippen molar-refractivity contribution in [1.29, 1.82) is 0 Å². The lowest BCUT2D eigenvalue weighted by Gasteiger charge is -2.03. The molecule has 4 nitrogen and oxygen atoms in total. The lowest BCUT2D eigenvalue weighted by molar-refractivity contribution is 0.102. The summed E-state index contributed by atoms with van der Waals surface area (Å²) in [6.45, 7) is 1.86. The molecule has 1 N–H and O–H groups in total. The third-order valence-electron chi connectivity index (χ3n) is 2.33. The highest BCUT2D eigenvalue weighted by Crippen LogP contribution is 2.15. The molecule has 0 aliphatic rings. The smallest absolute Gasteiger partial charge is 0.276 e. The third kappa shape index (κ3) is 2.74. The highest BCUT2D eigenvalue weighted by Gasteiger charge is 2.12. The van der Waals surface area contributed by atoms with Crippen LogP contribution in [0.5, 0.6) is 0 Å². The van der Waals surface area contributed by atoms with Crippen molar-refractivity contribution < 1.29 is 4.79 Å². The number of hydrogen-bond donors (Lipinski definition) is 1. The minimum Gasteiger partial charge on any atom is -0.321 e. The van der Waals surface area contributed by atoms with Crippen molar-refractivity contribution >= 4 is 27.5 Å². The molecular formula is C12H12BrN3O. The van der Waals surface area contributed by atoms with Crippen molar-refractivity contribution in [2.45, 2.75) is 6.92 Å². The third-order valence-corrected chi connectivity index (χ3v) is 2.86. The number of nitrogens with zero attached hydrogens (tertiary/aromatic N) is 2. The molecule has 0 saturated carbocycles.